The number of benzene rings is 1. The van der Waals surface area contributed by atoms with Gasteiger partial charge in [-0.3, -0.25) is 0 Å². The Balaban J connectivity index is 2.31. The lowest BCUT2D eigenvalue weighted by Crippen LogP contribution is -2.15. The zero-order valence-electron chi connectivity index (χ0n) is 8.92. The maximum Gasteiger partial charge on any atom is 0.131 e. The molecule has 3 heteroatoms. The van der Waals surface area contributed by atoms with Gasteiger partial charge in [0.05, 0.1) is 0 Å². The van der Waals surface area contributed by atoms with Crippen LogP contribution in [0.25, 0.3) is 0 Å². The summed E-state index contributed by atoms with van der Waals surface area (Å²) in [6.45, 7) is 3.19. The predicted molar refractivity (Wildman–Crippen MR) is 58.3 cm³/mol. The molecule has 0 bridgehead atoms. The fourth-order valence-corrected chi connectivity index (χ4v) is 2.04. The van der Waals surface area contributed by atoms with Crippen LogP contribution in [-0.2, 0) is 4.74 Å². The molecule has 0 radical (unpaired) electrons. The van der Waals surface area contributed by atoms with Crippen molar-refractivity contribution in [3.8, 4) is 0 Å². The first kappa shape index (κ1) is 10.4. The molecule has 1 heterocycles. The molecule has 0 amide bonds. The van der Waals surface area contributed by atoms with Gasteiger partial charge in [0, 0.05) is 24.5 Å². The Kier molecular flexibility index (Phi) is 2.91. The topological polar surface area (TPSA) is 35.2 Å². The molecule has 1 aromatic carbocycles. The lowest BCUT2D eigenvalue weighted by Gasteiger charge is -2.23. The number of hydrogen-bond donors (Lipinski definition) is 1. The van der Waals surface area contributed by atoms with E-state index in [0.29, 0.717) is 11.3 Å². The van der Waals surface area contributed by atoms with Gasteiger partial charge in [0.2, 0.25) is 0 Å². The standard InChI is InChI=1S/C12H16FNO/c1-8-11(14)3-2-10(12(8)13)9-4-6-15-7-5-9/h2-3,9H,4-7,14H2,1H3. The van der Waals surface area contributed by atoms with Gasteiger partial charge in [-0.2, -0.15) is 0 Å². The van der Waals surface area contributed by atoms with Crippen LogP contribution in [-0.4, -0.2) is 13.2 Å². The van der Waals surface area contributed by atoms with Crippen LogP contribution >= 0.6 is 0 Å². The second-order valence-corrected chi connectivity index (χ2v) is 4.07. The van der Waals surface area contributed by atoms with Gasteiger partial charge in [-0.25, -0.2) is 4.39 Å². The first-order valence-corrected chi connectivity index (χ1v) is 5.32. The minimum absolute atomic E-state index is 0.137. The van der Waals surface area contributed by atoms with Crippen LogP contribution in [0.3, 0.4) is 0 Å². The van der Waals surface area contributed by atoms with Crippen LogP contribution in [0.4, 0.5) is 10.1 Å². The Bertz CT molecular complexity index is 359. The lowest BCUT2D eigenvalue weighted by atomic mass is 9.90. The van der Waals surface area contributed by atoms with Crippen LogP contribution in [0.1, 0.15) is 29.9 Å². The Hall–Kier alpha value is -1.09. The summed E-state index contributed by atoms with van der Waals surface area (Å²) < 4.78 is 19.2. The summed E-state index contributed by atoms with van der Waals surface area (Å²) in [7, 11) is 0. The Labute approximate surface area is 89.2 Å². The van der Waals surface area contributed by atoms with Crippen LogP contribution in [0.5, 0.6) is 0 Å². The Morgan fingerprint density at radius 3 is 2.67 bits per heavy atom. The van der Waals surface area contributed by atoms with Gasteiger partial charge in [0.25, 0.3) is 0 Å². The molecule has 0 saturated carbocycles. The van der Waals surface area contributed by atoms with Crippen molar-refractivity contribution in [2.45, 2.75) is 25.7 Å². The highest BCUT2D eigenvalue weighted by atomic mass is 19.1. The third-order valence-electron chi connectivity index (χ3n) is 3.12. The summed E-state index contributed by atoms with van der Waals surface area (Å²) in [6, 6.07) is 3.61. The SMILES string of the molecule is Cc1c(N)ccc(C2CCOCC2)c1F. The molecule has 2 rings (SSSR count). The van der Waals surface area contributed by atoms with E-state index < -0.39 is 0 Å². The van der Waals surface area contributed by atoms with Crippen molar-refractivity contribution in [2.24, 2.45) is 0 Å². The Morgan fingerprint density at radius 2 is 2.00 bits per heavy atom. The van der Waals surface area contributed by atoms with Gasteiger partial charge in [-0.1, -0.05) is 6.07 Å². The van der Waals surface area contributed by atoms with Crippen molar-refractivity contribution in [3.63, 3.8) is 0 Å². The van der Waals surface area contributed by atoms with Gasteiger partial charge >= 0.3 is 0 Å². The second-order valence-electron chi connectivity index (χ2n) is 4.07. The Morgan fingerprint density at radius 1 is 1.33 bits per heavy atom. The molecule has 2 nitrogen and oxygen atoms in total. The molecule has 1 fully saturated rings. The third kappa shape index (κ3) is 1.97. The largest absolute Gasteiger partial charge is 0.398 e. The molecule has 2 N–H and O–H groups in total. The lowest BCUT2D eigenvalue weighted by molar-refractivity contribution is 0.0846. The maximum absolute atomic E-state index is 13.9. The average Bonchev–Trinajstić information content (AvgIpc) is 2.27. The van der Waals surface area contributed by atoms with Crippen molar-refractivity contribution in [3.05, 3.63) is 29.1 Å². The van der Waals surface area contributed by atoms with Gasteiger partial charge in [-0.05, 0) is 37.3 Å². The van der Waals surface area contributed by atoms with E-state index in [0.717, 1.165) is 31.6 Å². The van der Waals surface area contributed by atoms with E-state index in [-0.39, 0.29) is 11.7 Å². The van der Waals surface area contributed by atoms with Crippen molar-refractivity contribution in [2.75, 3.05) is 18.9 Å². The summed E-state index contributed by atoms with van der Waals surface area (Å²) in [5.41, 5.74) is 7.55. The molecule has 1 aliphatic heterocycles. The number of nitrogen functional groups attached to an aromatic ring is 1. The monoisotopic (exact) mass is 209 g/mol. The summed E-state index contributed by atoms with van der Waals surface area (Å²) in [4.78, 5) is 0. The van der Waals surface area contributed by atoms with E-state index >= 15 is 0 Å². The highest BCUT2D eigenvalue weighted by Crippen LogP contribution is 2.31. The summed E-state index contributed by atoms with van der Waals surface area (Å²) in [5.74, 6) is 0.153. The quantitative estimate of drug-likeness (QED) is 0.721. The first-order chi connectivity index (χ1) is 7.20. The van der Waals surface area contributed by atoms with E-state index in [1.165, 1.54) is 0 Å². The zero-order valence-corrected chi connectivity index (χ0v) is 8.92. The molecule has 0 aliphatic carbocycles. The van der Waals surface area contributed by atoms with E-state index in [2.05, 4.69) is 0 Å². The molecule has 15 heavy (non-hydrogen) atoms. The van der Waals surface area contributed by atoms with E-state index in [1.807, 2.05) is 6.07 Å². The molecule has 1 aliphatic rings. The van der Waals surface area contributed by atoms with Crippen LogP contribution in [0.15, 0.2) is 12.1 Å². The van der Waals surface area contributed by atoms with Crippen molar-refractivity contribution in [1.82, 2.24) is 0 Å². The highest BCUT2D eigenvalue weighted by molar-refractivity contribution is 5.49. The number of hydrogen-bond acceptors (Lipinski definition) is 2. The molecule has 0 spiro atoms. The van der Waals surface area contributed by atoms with Crippen molar-refractivity contribution < 1.29 is 9.13 Å². The zero-order chi connectivity index (χ0) is 10.8. The summed E-state index contributed by atoms with van der Waals surface area (Å²) >= 11 is 0. The molecule has 0 atom stereocenters. The highest BCUT2D eigenvalue weighted by Gasteiger charge is 2.20. The minimum Gasteiger partial charge on any atom is -0.398 e. The average molecular weight is 209 g/mol. The van der Waals surface area contributed by atoms with Crippen molar-refractivity contribution >= 4 is 5.69 Å². The number of anilines is 1. The molecule has 0 aromatic heterocycles. The molecule has 1 aromatic rings. The van der Waals surface area contributed by atoms with Crippen molar-refractivity contribution in [1.29, 1.82) is 0 Å². The molecule has 0 unspecified atom stereocenters. The van der Waals surface area contributed by atoms with E-state index in [1.54, 1.807) is 13.0 Å². The third-order valence-corrected chi connectivity index (χ3v) is 3.12. The van der Waals surface area contributed by atoms with Gasteiger partial charge in [0.1, 0.15) is 5.82 Å². The van der Waals surface area contributed by atoms with E-state index in [4.69, 9.17) is 10.5 Å². The van der Waals surface area contributed by atoms with Gasteiger partial charge in [-0.15, -0.1) is 0 Å². The van der Waals surface area contributed by atoms with Crippen LogP contribution in [0, 0.1) is 12.7 Å². The predicted octanol–water partition coefficient (Wildman–Crippen LogP) is 2.61. The second kappa shape index (κ2) is 4.19. The number of nitrogens with two attached hydrogens (primary N) is 1. The van der Waals surface area contributed by atoms with Crippen LogP contribution in [0.2, 0.25) is 0 Å². The smallest absolute Gasteiger partial charge is 0.131 e. The summed E-state index contributed by atoms with van der Waals surface area (Å²) in [5, 5.41) is 0. The molecular weight excluding hydrogens is 193 g/mol. The fourth-order valence-electron chi connectivity index (χ4n) is 2.04. The van der Waals surface area contributed by atoms with Crippen LogP contribution < -0.4 is 5.73 Å². The number of rotatable bonds is 1. The normalized spacial score (nSPS) is 18.0. The summed E-state index contributed by atoms with van der Waals surface area (Å²) in [6.07, 6.45) is 1.81. The fraction of sp³-hybridized carbons (Fsp3) is 0.500. The maximum atomic E-state index is 13.9. The molecule has 1 saturated heterocycles. The van der Waals surface area contributed by atoms with Gasteiger partial charge < -0.3 is 10.5 Å². The number of halogens is 1. The van der Waals surface area contributed by atoms with Gasteiger partial charge in [0.15, 0.2) is 0 Å². The van der Waals surface area contributed by atoms with E-state index in [9.17, 15) is 4.39 Å². The molecule has 82 valence electrons. The first-order valence-electron chi connectivity index (χ1n) is 5.32. The molecular formula is C12H16FNO. The minimum atomic E-state index is -0.137. The number of ether oxygens (including phenoxy) is 1.